The van der Waals surface area contributed by atoms with Crippen molar-refractivity contribution in [1.82, 2.24) is 4.98 Å². The summed E-state index contributed by atoms with van der Waals surface area (Å²) in [6.07, 6.45) is 4.03. The SMILES string of the molecule is CCCCC(=O)Nc1cccc(SC(C)C(=O)Nc2ccccn2)c1. The molecule has 0 radical (unpaired) electrons. The first kappa shape index (κ1) is 19.0. The van der Waals surface area contributed by atoms with E-state index in [4.69, 9.17) is 0 Å². The molecule has 1 heterocycles. The number of pyridine rings is 1. The Bertz CT molecular complexity index is 707. The molecule has 25 heavy (non-hydrogen) atoms. The number of nitrogens with one attached hydrogen (secondary N) is 2. The molecule has 5 nitrogen and oxygen atoms in total. The molecular weight excluding hydrogens is 334 g/mol. The molecule has 0 bridgehead atoms. The number of amides is 2. The molecule has 6 heteroatoms. The number of unbranched alkanes of at least 4 members (excludes halogenated alkanes) is 1. The number of rotatable bonds is 8. The van der Waals surface area contributed by atoms with Gasteiger partial charge in [0.05, 0.1) is 5.25 Å². The molecule has 0 saturated carbocycles. The Morgan fingerprint density at radius 1 is 1.16 bits per heavy atom. The van der Waals surface area contributed by atoms with Crippen molar-refractivity contribution in [2.24, 2.45) is 0 Å². The van der Waals surface area contributed by atoms with Crippen LogP contribution >= 0.6 is 11.8 Å². The molecule has 0 aliphatic carbocycles. The molecule has 0 aliphatic rings. The number of benzene rings is 1. The zero-order chi connectivity index (χ0) is 18.1. The molecule has 0 fully saturated rings. The van der Waals surface area contributed by atoms with E-state index in [2.05, 4.69) is 22.5 Å². The van der Waals surface area contributed by atoms with Crippen LogP contribution in [0.3, 0.4) is 0 Å². The first-order valence-electron chi connectivity index (χ1n) is 8.37. The summed E-state index contributed by atoms with van der Waals surface area (Å²) in [5.74, 6) is 0.447. The van der Waals surface area contributed by atoms with Crippen molar-refractivity contribution in [1.29, 1.82) is 0 Å². The summed E-state index contributed by atoms with van der Waals surface area (Å²) in [5.41, 5.74) is 0.753. The highest BCUT2D eigenvalue weighted by Gasteiger charge is 2.15. The number of thioether (sulfide) groups is 1. The molecule has 2 aromatic rings. The van der Waals surface area contributed by atoms with E-state index in [9.17, 15) is 9.59 Å². The quantitative estimate of drug-likeness (QED) is 0.690. The fourth-order valence-electron chi connectivity index (χ4n) is 2.13. The second-order valence-corrected chi connectivity index (χ2v) is 7.06. The van der Waals surface area contributed by atoms with Crippen molar-refractivity contribution in [2.45, 2.75) is 43.3 Å². The minimum absolute atomic E-state index is 0.0185. The van der Waals surface area contributed by atoms with Crippen molar-refractivity contribution in [3.8, 4) is 0 Å². The van der Waals surface area contributed by atoms with E-state index in [1.54, 1.807) is 18.3 Å². The van der Waals surface area contributed by atoms with E-state index in [1.807, 2.05) is 37.3 Å². The molecule has 2 amide bonds. The molecule has 1 aromatic heterocycles. The van der Waals surface area contributed by atoms with Gasteiger partial charge in [0.2, 0.25) is 11.8 Å². The number of aromatic nitrogens is 1. The maximum atomic E-state index is 12.3. The van der Waals surface area contributed by atoms with E-state index in [0.717, 1.165) is 23.4 Å². The van der Waals surface area contributed by atoms with Crippen LogP contribution in [0.4, 0.5) is 11.5 Å². The predicted molar refractivity (Wildman–Crippen MR) is 103 cm³/mol. The van der Waals surface area contributed by atoms with E-state index in [1.165, 1.54) is 11.8 Å². The van der Waals surface area contributed by atoms with Gasteiger partial charge in [0, 0.05) is 23.2 Å². The van der Waals surface area contributed by atoms with Crippen LogP contribution in [-0.2, 0) is 9.59 Å². The molecular formula is C19H23N3O2S. The zero-order valence-electron chi connectivity index (χ0n) is 14.5. The summed E-state index contributed by atoms with van der Waals surface area (Å²) in [6.45, 7) is 3.90. The molecule has 2 rings (SSSR count). The van der Waals surface area contributed by atoms with Gasteiger partial charge in [-0.3, -0.25) is 9.59 Å². The van der Waals surface area contributed by atoms with Crippen LogP contribution in [0.2, 0.25) is 0 Å². The number of carbonyl (C=O) groups is 2. The van der Waals surface area contributed by atoms with Gasteiger partial charge in [-0.25, -0.2) is 4.98 Å². The molecule has 1 unspecified atom stereocenters. The average Bonchev–Trinajstić information content (AvgIpc) is 2.61. The maximum absolute atomic E-state index is 12.3. The monoisotopic (exact) mass is 357 g/mol. The van der Waals surface area contributed by atoms with Gasteiger partial charge >= 0.3 is 0 Å². The summed E-state index contributed by atoms with van der Waals surface area (Å²) in [6, 6.07) is 12.9. The van der Waals surface area contributed by atoms with Gasteiger partial charge < -0.3 is 10.6 Å². The van der Waals surface area contributed by atoms with Crippen LogP contribution in [0.1, 0.15) is 33.1 Å². The van der Waals surface area contributed by atoms with Gasteiger partial charge in [0.15, 0.2) is 0 Å². The summed E-state index contributed by atoms with van der Waals surface area (Å²) < 4.78 is 0. The summed E-state index contributed by atoms with van der Waals surface area (Å²) in [7, 11) is 0. The minimum atomic E-state index is -0.284. The van der Waals surface area contributed by atoms with Crippen LogP contribution in [-0.4, -0.2) is 22.0 Å². The van der Waals surface area contributed by atoms with Crippen molar-refractivity contribution in [2.75, 3.05) is 10.6 Å². The molecule has 1 atom stereocenters. The van der Waals surface area contributed by atoms with Crippen molar-refractivity contribution in [3.05, 3.63) is 48.7 Å². The van der Waals surface area contributed by atoms with Crippen LogP contribution in [0.25, 0.3) is 0 Å². The number of carbonyl (C=O) groups excluding carboxylic acids is 2. The van der Waals surface area contributed by atoms with E-state index < -0.39 is 0 Å². The highest BCUT2D eigenvalue weighted by molar-refractivity contribution is 8.00. The Hall–Kier alpha value is -2.34. The van der Waals surface area contributed by atoms with Gasteiger partial charge in [0.25, 0.3) is 0 Å². The largest absolute Gasteiger partial charge is 0.326 e. The summed E-state index contributed by atoms with van der Waals surface area (Å²) in [5, 5.41) is 5.40. The lowest BCUT2D eigenvalue weighted by Crippen LogP contribution is -2.22. The number of nitrogens with zero attached hydrogens (tertiary/aromatic N) is 1. The van der Waals surface area contributed by atoms with E-state index in [-0.39, 0.29) is 17.1 Å². The number of hydrogen-bond acceptors (Lipinski definition) is 4. The fraction of sp³-hybridized carbons (Fsp3) is 0.316. The van der Waals surface area contributed by atoms with Crippen molar-refractivity contribution in [3.63, 3.8) is 0 Å². The molecule has 1 aromatic carbocycles. The lowest BCUT2D eigenvalue weighted by molar-refractivity contribution is -0.116. The summed E-state index contributed by atoms with van der Waals surface area (Å²) >= 11 is 1.44. The Morgan fingerprint density at radius 2 is 2.00 bits per heavy atom. The zero-order valence-corrected chi connectivity index (χ0v) is 15.3. The highest BCUT2D eigenvalue weighted by Crippen LogP contribution is 2.26. The van der Waals surface area contributed by atoms with Crippen molar-refractivity contribution >= 4 is 35.1 Å². The molecule has 0 spiro atoms. The van der Waals surface area contributed by atoms with Gasteiger partial charge in [-0.15, -0.1) is 11.8 Å². The lowest BCUT2D eigenvalue weighted by atomic mass is 10.2. The first-order chi connectivity index (χ1) is 12.1. The molecule has 0 saturated heterocycles. The average molecular weight is 357 g/mol. The Morgan fingerprint density at radius 3 is 2.72 bits per heavy atom. The van der Waals surface area contributed by atoms with Gasteiger partial charge in [-0.05, 0) is 43.7 Å². The van der Waals surface area contributed by atoms with Gasteiger partial charge in [-0.1, -0.05) is 25.5 Å². The first-order valence-corrected chi connectivity index (χ1v) is 9.25. The second-order valence-electron chi connectivity index (χ2n) is 5.64. The standard InChI is InChI=1S/C19H23N3O2S/c1-3-4-11-18(23)21-15-8-7-9-16(13-15)25-14(2)19(24)22-17-10-5-6-12-20-17/h5-10,12-14H,3-4,11H2,1-2H3,(H,21,23)(H,20,22,24). The van der Waals surface area contributed by atoms with E-state index >= 15 is 0 Å². The summed E-state index contributed by atoms with van der Waals surface area (Å²) in [4.78, 5) is 29.1. The van der Waals surface area contributed by atoms with E-state index in [0.29, 0.717) is 12.2 Å². The fourth-order valence-corrected chi connectivity index (χ4v) is 3.06. The number of anilines is 2. The lowest BCUT2D eigenvalue weighted by Gasteiger charge is -2.12. The van der Waals surface area contributed by atoms with Crippen molar-refractivity contribution < 1.29 is 9.59 Å². The predicted octanol–water partition coefficient (Wildman–Crippen LogP) is 4.33. The minimum Gasteiger partial charge on any atom is -0.326 e. The Balaban J connectivity index is 1.92. The Kier molecular flexibility index (Phi) is 7.47. The number of hydrogen-bond donors (Lipinski definition) is 2. The molecule has 0 aliphatic heterocycles. The topological polar surface area (TPSA) is 71.1 Å². The Labute approximate surface area is 152 Å². The van der Waals surface area contributed by atoms with Gasteiger partial charge in [0.1, 0.15) is 5.82 Å². The highest BCUT2D eigenvalue weighted by atomic mass is 32.2. The van der Waals surface area contributed by atoms with Crippen LogP contribution in [0.15, 0.2) is 53.6 Å². The maximum Gasteiger partial charge on any atom is 0.238 e. The molecule has 132 valence electrons. The third-order valence-corrected chi connectivity index (χ3v) is 4.57. The third kappa shape index (κ3) is 6.58. The van der Waals surface area contributed by atoms with Crippen LogP contribution in [0, 0.1) is 0 Å². The van der Waals surface area contributed by atoms with Crippen LogP contribution in [0.5, 0.6) is 0 Å². The second kappa shape index (κ2) is 9.84. The normalized spacial score (nSPS) is 11.6. The smallest absolute Gasteiger partial charge is 0.238 e. The third-order valence-electron chi connectivity index (χ3n) is 3.47. The molecule has 2 N–H and O–H groups in total. The van der Waals surface area contributed by atoms with Gasteiger partial charge in [-0.2, -0.15) is 0 Å². The van der Waals surface area contributed by atoms with Crippen LogP contribution < -0.4 is 10.6 Å².